The molecule has 5 heterocycles. The normalized spacial score (nSPS) is 16.4. The minimum atomic E-state index is -3.22. The Kier molecular flexibility index (Phi) is 27.0. The van der Waals surface area contributed by atoms with E-state index in [-0.39, 0.29) is 16.9 Å². The van der Waals surface area contributed by atoms with Crippen LogP contribution >= 0.6 is 23.2 Å². The molecule has 0 saturated heterocycles. The highest BCUT2D eigenvalue weighted by Gasteiger charge is 2.22. The number of pyridine rings is 1. The highest BCUT2D eigenvalue weighted by molar-refractivity contribution is 7.86. The van der Waals surface area contributed by atoms with Gasteiger partial charge in [-0.3, -0.25) is 28.5 Å². The van der Waals surface area contributed by atoms with Crippen molar-refractivity contribution in [2.45, 2.75) is 165 Å². The van der Waals surface area contributed by atoms with Crippen molar-refractivity contribution in [1.82, 2.24) is 33.6 Å². The molecule has 4 N–H and O–H groups in total. The Balaban J connectivity index is 0.000000147. The van der Waals surface area contributed by atoms with Gasteiger partial charge in [0.15, 0.2) is 12.6 Å². The largest absolute Gasteiger partial charge is 0.399 e. The lowest BCUT2D eigenvalue weighted by atomic mass is 9.95. The average Bonchev–Trinajstić information content (AvgIpc) is 1.06. The second-order valence-corrected chi connectivity index (χ2v) is 25.8. The van der Waals surface area contributed by atoms with Gasteiger partial charge in [0, 0.05) is 77.9 Å². The number of fused-ring (bicyclic) bond motifs is 1. The number of aliphatic hydroxyl groups excluding tert-OH is 1. The summed E-state index contributed by atoms with van der Waals surface area (Å²) in [6, 6.07) is 30.2. The Morgan fingerprint density at radius 1 is 0.717 bits per heavy atom. The predicted molar refractivity (Wildman–Crippen MR) is 359 cm³/mol. The first-order valence-corrected chi connectivity index (χ1v) is 34.1. The van der Waals surface area contributed by atoms with Gasteiger partial charge in [0.25, 0.3) is 10.1 Å². The van der Waals surface area contributed by atoms with Gasteiger partial charge < -0.3 is 29.9 Å². The maximum absolute atomic E-state index is 13.3. The second kappa shape index (κ2) is 35.6. The number of imidazole rings is 3. The topological polar surface area (TPSA) is 255 Å². The Hall–Kier alpha value is -8.19. The van der Waals surface area contributed by atoms with Gasteiger partial charge in [-0.15, -0.1) is 0 Å². The SMILES string of the molecule is CS(=O)(=O)OC1CCCCC1.N#Cc1cnc2c(Cl)cc(N)cc2c1Nc1ccc(F)c(Cl)c1.O=C(c1ccccc1)c1cn(C2CCCCC2)cn1.O=CC1=CCC=N1.O=Cc1cn(C2CCCCC2)cn1.OC(c1ccccc1)c1cn(C2CCCCC2)cn1. The van der Waals surface area contributed by atoms with Crippen molar-refractivity contribution in [2.75, 3.05) is 17.3 Å². The average molecular weight is 1310 g/mol. The van der Waals surface area contributed by atoms with Crippen LogP contribution in [0.5, 0.6) is 0 Å². The third kappa shape index (κ3) is 21.2. The molecule has 4 aliphatic carbocycles. The molecule has 8 aromatic rings. The van der Waals surface area contributed by atoms with E-state index in [1.54, 1.807) is 30.8 Å². The summed E-state index contributed by atoms with van der Waals surface area (Å²) in [4.78, 5) is 53.1. The summed E-state index contributed by atoms with van der Waals surface area (Å²) >= 11 is 11.9. The van der Waals surface area contributed by atoms with Crippen molar-refractivity contribution < 1.29 is 36.5 Å². The number of aliphatic imine (C=N–C) groups is 1. The minimum Gasteiger partial charge on any atom is -0.399 e. The molecule has 18 nitrogen and oxygen atoms in total. The zero-order valence-corrected chi connectivity index (χ0v) is 54.1. The number of nitrogens with zero attached hydrogens (tertiary/aromatic N) is 9. The van der Waals surface area contributed by atoms with Crippen molar-refractivity contribution >= 4 is 85.9 Å². The van der Waals surface area contributed by atoms with Crippen LogP contribution in [0.1, 0.15) is 202 Å². The van der Waals surface area contributed by atoms with E-state index in [2.05, 4.69) is 50.0 Å². The number of nitrogens with two attached hydrogens (primary N) is 1. The van der Waals surface area contributed by atoms with Gasteiger partial charge in [-0.1, -0.05) is 167 Å². The predicted octanol–water partition coefficient (Wildman–Crippen LogP) is 16.0. The van der Waals surface area contributed by atoms with E-state index in [9.17, 15) is 37.6 Å². The molecule has 0 spiro atoms. The molecule has 4 fully saturated rings. The van der Waals surface area contributed by atoms with Crippen LogP contribution < -0.4 is 11.1 Å². The first-order chi connectivity index (χ1) is 44.6. The molecule has 1 unspecified atom stereocenters. The van der Waals surface area contributed by atoms with Gasteiger partial charge in [0.2, 0.25) is 5.78 Å². The number of aromatic nitrogens is 7. The second-order valence-electron chi connectivity index (χ2n) is 23.4. The highest BCUT2D eigenvalue weighted by atomic mass is 35.5. The zero-order chi connectivity index (χ0) is 65.2. The number of rotatable bonds is 13. The van der Waals surface area contributed by atoms with Crippen LogP contribution in [-0.4, -0.2) is 84.1 Å². The lowest BCUT2D eigenvalue weighted by molar-refractivity contribution is -0.104. The number of ketones is 1. The van der Waals surface area contributed by atoms with Gasteiger partial charge in [0.1, 0.15) is 29.4 Å². The number of nitrogens with one attached hydrogen (secondary N) is 1. The number of carbonyl (C=O) groups is 3. The van der Waals surface area contributed by atoms with Crippen molar-refractivity contribution in [3.63, 3.8) is 0 Å². The van der Waals surface area contributed by atoms with Crippen LogP contribution in [0.3, 0.4) is 0 Å². The van der Waals surface area contributed by atoms with Gasteiger partial charge in [0.05, 0.1) is 69.5 Å². The Labute approximate surface area is 547 Å². The number of allylic oxidation sites excluding steroid dienone is 2. The number of anilines is 3. The number of aliphatic hydroxyl groups is 1. The third-order valence-corrected chi connectivity index (χ3v) is 17.7. The minimum absolute atomic E-state index is 0.00941. The van der Waals surface area contributed by atoms with E-state index in [0.29, 0.717) is 79.3 Å². The maximum Gasteiger partial charge on any atom is 0.264 e. The fourth-order valence-electron chi connectivity index (χ4n) is 11.7. The van der Waals surface area contributed by atoms with Crippen molar-refractivity contribution in [3.8, 4) is 6.07 Å². The van der Waals surface area contributed by atoms with Crippen LogP contribution in [0.25, 0.3) is 10.9 Å². The fraction of sp³-hybridized carbons (Fsp3) is 0.386. The molecular weight excluding hydrogens is 1230 g/mol. The summed E-state index contributed by atoms with van der Waals surface area (Å²) in [5.41, 5.74) is 12.1. The number of benzene rings is 4. The van der Waals surface area contributed by atoms with Crippen LogP contribution in [0.4, 0.5) is 21.5 Å². The van der Waals surface area contributed by atoms with Crippen LogP contribution in [0.2, 0.25) is 10.0 Å². The first-order valence-electron chi connectivity index (χ1n) is 31.5. The van der Waals surface area contributed by atoms with Crippen molar-refractivity contribution in [2.24, 2.45) is 4.99 Å². The zero-order valence-electron chi connectivity index (χ0n) is 51.8. The van der Waals surface area contributed by atoms with E-state index < -0.39 is 22.0 Å². The molecule has 4 aromatic heterocycles. The number of nitrogen functional groups attached to an aromatic ring is 1. The molecule has 0 bridgehead atoms. The van der Waals surface area contributed by atoms with Gasteiger partial charge >= 0.3 is 0 Å². The Morgan fingerprint density at radius 2 is 1.28 bits per heavy atom. The number of aldehydes is 2. The molecule has 13 rings (SSSR count). The summed E-state index contributed by atoms with van der Waals surface area (Å²) in [6.07, 6.45) is 43.3. The smallest absolute Gasteiger partial charge is 0.264 e. The molecule has 92 heavy (non-hydrogen) atoms. The van der Waals surface area contributed by atoms with E-state index in [0.717, 1.165) is 62.2 Å². The number of halogens is 3. The monoisotopic (exact) mass is 1310 g/mol. The van der Waals surface area contributed by atoms with Gasteiger partial charge in [-0.05, 0) is 87.3 Å². The van der Waals surface area contributed by atoms with E-state index in [1.165, 1.54) is 127 Å². The van der Waals surface area contributed by atoms with Crippen molar-refractivity contribution in [1.29, 1.82) is 5.26 Å². The molecule has 484 valence electrons. The maximum atomic E-state index is 13.3. The molecule has 0 radical (unpaired) electrons. The lowest BCUT2D eigenvalue weighted by Gasteiger charge is -2.22. The molecule has 0 amide bonds. The Bertz CT molecular complexity index is 3890. The van der Waals surface area contributed by atoms with E-state index in [4.69, 9.17) is 33.1 Å². The quantitative estimate of drug-likeness (QED) is 0.0420. The fourth-order valence-corrected chi connectivity index (χ4v) is 12.9. The number of hydrogen-bond acceptors (Lipinski definition) is 15. The number of carbonyl (C=O) groups excluding carboxylic acids is 3. The standard InChI is InChI=1S/C16H9Cl2FN4.C16H20N2O.C16H18N2O.C10H14N2O.C7H14O3S.C5H5NO/c17-12-5-10(1-2-14(12)19)23-15-8(6-20)7-22-16-11(15)3-9(21)4-13(16)18;2*19-16(13-7-3-1-4-8-13)15-11-18(12-17-15)14-9-5-2-6-10-14;13-7-9-6-12(8-11-9)10-4-2-1-3-5-10;1-11(8,9)10-7-5-3-2-4-6-7;7-4-5-2-1-3-6-5/h1-5,7H,21H2,(H,22,23);1,3-4,7-8,11-12,14,16,19H,2,5-6,9-10H2;1,3-4,7-8,11-12,14H,2,5-6,9-10H2;6-8,10H,1-5H2;7H,2-6H2,1H3;2-4H,1H2. The third-order valence-electron chi connectivity index (χ3n) is 16.5. The molecule has 1 aliphatic heterocycles. The summed E-state index contributed by atoms with van der Waals surface area (Å²) in [6.45, 7) is 0. The summed E-state index contributed by atoms with van der Waals surface area (Å²) < 4.78 is 45.9. The number of hydrogen-bond donors (Lipinski definition) is 3. The molecule has 4 saturated carbocycles. The number of nitriles is 1. The van der Waals surface area contributed by atoms with Crippen LogP contribution in [0, 0.1) is 17.1 Å². The molecule has 1 atom stereocenters. The van der Waals surface area contributed by atoms with Crippen LogP contribution in [-0.2, 0) is 19.1 Å². The van der Waals surface area contributed by atoms with E-state index in [1.807, 2.05) is 91.9 Å². The summed E-state index contributed by atoms with van der Waals surface area (Å²) in [5.74, 6) is -0.514. The highest BCUT2D eigenvalue weighted by Crippen LogP contribution is 2.36. The Morgan fingerprint density at radius 3 is 1.82 bits per heavy atom. The molecular formula is C70H80Cl2FN11O7S. The first kappa shape index (κ1) is 69.7. The molecule has 5 aliphatic rings. The van der Waals surface area contributed by atoms with Crippen LogP contribution in [0.15, 0.2) is 152 Å². The summed E-state index contributed by atoms with van der Waals surface area (Å²) in [5, 5.41) is 23.6. The molecule has 4 aromatic carbocycles. The molecule has 22 heteroatoms. The lowest BCUT2D eigenvalue weighted by Crippen LogP contribution is -2.20. The van der Waals surface area contributed by atoms with Gasteiger partial charge in [-0.2, -0.15) is 13.7 Å². The van der Waals surface area contributed by atoms with Gasteiger partial charge in [-0.25, -0.2) is 19.3 Å². The van der Waals surface area contributed by atoms with E-state index >= 15 is 0 Å². The summed E-state index contributed by atoms with van der Waals surface area (Å²) in [7, 11) is -3.22. The van der Waals surface area contributed by atoms with Crippen molar-refractivity contribution in [3.05, 3.63) is 196 Å².